The van der Waals surface area contributed by atoms with E-state index in [0.717, 1.165) is 25.2 Å². The highest BCUT2D eigenvalue weighted by molar-refractivity contribution is 6.63. The summed E-state index contributed by atoms with van der Waals surface area (Å²) in [6.07, 6.45) is 17.9. The van der Waals surface area contributed by atoms with E-state index < -0.39 is 5.24 Å². The Morgan fingerprint density at radius 2 is 1.75 bits per heavy atom. The molecule has 8 atom stereocenters. The molecule has 0 aromatic rings. The highest BCUT2D eigenvalue weighted by Crippen LogP contribution is 2.66. The number of fused-ring (bicyclic) bond motifs is 5. The molecule has 4 rings (SSSR count). The monoisotopic (exact) mass is 514 g/mol. The molecular weight excluding hydrogens is 468 g/mol. The van der Waals surface area contributed by atoms with Crippen molar-refractivity contribution in [1.82, 2.24) is 0 Å². The van der Waals surface area contributed by atoms with Crippen LogP contribution in [0.15, 0.2) is 35.5 Å². The maximum absolute atomic E-state index is 12.2. The molecule has 36 heavy (non-hydrogen) atoms. The van der Waals surface area contributed by atoms with Crippen LogP contribution in [0.25, 0.3) is 0 Å². The molecule has 200 valence electrons. The summed E-state index contributed by atoms with van der Waals surface area (Å²) < 4.78 is 5.73. The number of allylic oxidation sites excluding steroid dienone is 5. The molecule has 0 amide bonds. The molecule has 0 radical (unpaired) electrons. The lowest BCUT2D eigenvalue weighted by Gasteiger charge is -2.55. The average Bonchev–Trinajstić information content (AvgIpc) is 3.18. The molecule has 3 saturated carbocycles. The van der Waals surface area contributed by atoms with Crippen molar-refractivity contribution < 1.29 is 14.3 Å². The van der Waals surface area contributed by atoms with Crippen molar-refractivity contribution >= 4 is 22.8 Å². The second kappa shape index (κ2) is 10.8. The van der Waals surface area contributed by atoms with Gasteiger partial charge in [-0.3, -0.25) is 9.59 Å². The van der Waals surface area contributed by atoms with E-state index in [1.54, 1.807) is 5.57 Å². The topological polar surface area (TPSA) is 43.4 Å². The lowest BCUT2D eigenvalue weighted by molar-refractivity contribution is -0.151. The lowest BCUT2D eigenvalue weighted by atomic mass is 9.50. The fraction of sp³-hybridized carbons (Fsp3) is 0.750. The van der Waals surface area contributed by atoms with Gasteiger partial charge in [-0.15, -0.1) is 0 Å². The van der Waals surface area contributed by atoms with E-state index in [9.17, 15) is 9.59 Å². The molecule has 4 aliphatic carbocycles. The second-order valence-electron chi connectivity index (χ2n) is 13.2. The van der Waals surface area contributed by atoms with E-state index in [2.05, 4.69) is 65.8 Å². The second-order valence-corrected chi connectivity index (χ2v) is 13.6. The predicted octanol–water partition coefficient (Wildman–Crippen LogP) is 8.43. The van der Waals surface area contributed by atoms with Crippen LogP contribution in [0.2, 0.25) is 0 Å². The average molecular weight is 515 g/mol. The molecule has 0 aliphatic heterocycles. The maximum atomic E-state index is 12.2. The Hall–Kier alpha value is -1.35. The first kappa shape index (κ1) is 27.7. The van der Waals surface area contributed by atoms with Gasteiger partial charge in [0.05, 0.1) is 6.42 Å². The van der Waals surface area contributed by atoms with Gasteiger partial charge in [0, 0.05) is 12.8 Å². The molecule has 0 aromatic heterocycles. The summed E-state index contributed by atoms with van der Waals surface area (Å²) in [6.45, 7) is 14.5. The normalized spacial score (nSPS) is 37.4. The largest absolute Gasteiger partial charge is 0.462 e. The first-order valence-corrected chi connectivity index (χ1v) is 14.8. The van der Waals surface area contributed by atoms with Crippen LogP contribution in [-0.2, 0) is 14.3 Å². The number of hydrogen-bond donors (Lipinski definition) is 0. The van der Waals surface area contributed by atoms with Gasteiger partial charge in [0.25, 0.3) is 0 Å². The Morgan fingerprint density at radius 1 is 1.00 bits per heavy atom. The molecule has 4 heteroatoms. The van der Waals surface area contributed by atoms with Crippen LogP contribution in [0.1, 0.15) is 99.3 Å². The van der Waals surface area contributed by atoms with Crippen molar-refractivity contribution in [2.75, 3.05) is 0 Å². The Kier molecular flexibility index (Phi) is 8.30. The van der Waals surface area contributed by atoms with E-state index in [1.165, 1.54) is 31.3 Å². The van der Waals surface area contributed by atoms with Crippen molar-refractivity contribution in [2.24, 2.45) is 46.3 Å². The molecule has 0 saturated heterocycles. The molecule has 3 nitrogen and oxygen atoms in total. The predicted molar refractivity (Wildman–Crippen MR) is 147 cm³/mol. The summed E-state index contributed by atoms with van der Waals surface area (Å²) in [5.74, 6) is 3.72. The minimum atomic E-state index is -0.482. The van der Waals surface area contributed by atoms with Gasteiger partial charge in [0.15, 0.2) is 0 Å². The van der Waals surface area contributed by atoms with Gasteiger partial charge in [-0.1, -0.05) is 77.0 Å². The highest BCUT2D eigenvalue weighted by atomic mass is 35.5. The van der Waals surface area contributed by atoms with Gasteiger partial charge < -0.3 is 4.74 Å². The summed E-state index contributed by atoms with van der Waals surface area (Å²) in [5.41, 5.74) is 3.73. The molecule has 0 heterocycles. The summed E-state index contributed by atoms with van der Waals surface area (Å²) in [4.78, 5) is 23.2. The quantitative estimate of drug-likeness (QED) is 0.185. The van der Waals surface area contributed by atoms with Crippen molar-refractivity contribution in [3.05, 3.63) is 35.5 Å². The van der Waals surface area contributed by atoms with E-state index in [0.29, 0.717) is 35.0 Å². The van der Waals surface area contributed by atoms with E-state index in [1.807, 2.05) is 0 Å². The smallest absolute Gasteiger partial charge is 0.306 e. The van der Waals surface area contributed by atoms with Gasteiger partial charge in [0.1, 0.15) is 6.10 Å². The van der Waals surface area contributed by atoms with Gasteiger partial charge >= 0.3 is 5.97 Å². The molecular formula is C32H47ClO3. The number of halogens is 1. The number of hydrogen-bond acceptors (Lipinski definition) is 3. The molecule has 2 unspecified atom stereocenters. The molecule has 0 spiro atoms. The standard InChI is InChI=1S/C32H47ClO3/c1-20(2)21(3)7-8-22(4)26-11-12-27-25-10-9-23-19-24(36-30(35)14-13-29(33)34)15-17-31(23,5)28(25)16-18-32(26,27)6/h7-10,20-22,24,26-28H,11-19H2,1-6H3/b8-7+/t21?,22-,24?,26-,27+,28+,31+,32-/m1/s1. The summed E-state index contributed by atoms with van der Waals surface area (Å²) in [7, 11) is 0. The van der Waals surface area contributed by atoms with Crippen molar-refractivity contribution in [1.29, 1.82) is 0 Å². The maximum Gasteiger partial charge on any atom is 0.306 e. The molecule has 0 N–H and O–H groups in total. The first-order valence-electron chi connectivity index (χ1n) is 14.4. The Labute approximate surface area is 224 Å². The molecule has 0 aromatic carbocycles. The molecule has 3 fully saturated rings. The third-order valence-electron chi connectivity index (χ3n) is 10.8. The van der Waals surface area contributed by atoms with Crippen LogP contribution in [0, 0.1) is 46.3 Å². The van der Waals surface area contributed by atoms with Crippen molar-refractivity contribution in [3.63, 3.8) is 0 Å². The third kappa shape index (κ3) is 5.29. The van der Waals surface area contributed by atoms with E-state index >= 15 is 0 Å². The minimum Gasteiger partial charge on any atom is -0.462 e. The molecule has 4 aliphatic rings. The van der Waals surface area contributed by atoms with Gasteiger partial charge in [-0.2, -0.15) is 0 Å². The van der Waals surface area contributed by atoms with Crippen LogP contribution in [0.5, 0.6) is 0 Å². The Balaban J connectivity index is 1.47. The zero-order valence-electron chi connectivity index (χ0n) is 23.3. The number of esters is 1. The fourth-order valence-corrected chi connectivity index (χ4v) is 8.22. The zero-order valence-corrected chi connectivity index (χ0v) is 24.1. The summed E-state index contributed by atoms with van der Waals surface area (Å²) in [5, 5.41) is -0.482. The third-order valence-corrected chi connectivity index (χ3v) is 11.0. The number of ether oxygens (including phenoxy) is 1. The van der Waals surface area contributed by atoms with Crippen LogP contribution < -0.4 is 0 Å². The number of rotatable bonds is 8. The van der Waals surface area contributed by atoms with Crippen LogP contribution in [0.4, 0.5) is 0 Å². The van der Waals surface area contributed by atoms with E-state index in [4.69, 9.17) is 16.3 Å². The minimum absolute atomic E-state index is 0.0496. The van der Waals surface area contributed by atoms with Gasteiger partial charge in [-0.05, 0) is 96.5 Å². The highest BCUT2D eigenvalue weighted by Gasteiger charge is 2.57. The zero-order chi connectivity index (χ0) is 26.3. The van der Waals surface area contributed by atoms with E-state index in [-0.39, 0.29) is 30.3 Å². The summed E-state index contributed by atoms with van der Waals surface area (Å²) in [6, 6.07) is 0. The number of carbonyl (C=O) groups is 2. The lowest BCUT2D eigenvalue weighted by Crippen LogP contribution is -2.46. The first-order chi connectivity index (χ1) is 17.0. The Bertz CT molecular complexity index is 945. The van der Waals surface area contributed by atoms with Gasteiger partial charge in [-0.25, -0.2) is 0 Å². The SMILES string of the molecule is CC(C)C(C)/C=C/[C@@H](C)[C@H]1CC[C@H]2C3=CC=C4CC(OC(=O)CCC(=O)Cl)CC[C@]4(C)[C@H]3CC[C@]12C. The van der Waals surface area contributed by atoms with Crippen LogP contribution >= 0.6 is 11.6 Å². The Morgan fingerprint density at radius 3 is 2.44 bits per heavy atom. The van der Waals surface area contributed by atoms with Crippen molar-refractivity contribution in [3.8, 4) is 0 Å². The van der Waals surface area contributed by atoms with Crippen LogP contribution in [-0.4, -0.2) is 17.3 Å². The van der Waals surface area contributed by atoms with Crippen LogP contribution in [0.3, 0.4) is 0 Å². The van der Waals surface area contributed by atoms with Crippen molar-refractivity contribution in [2.45, 2.75) is 105 Å². The van der Waals surface area contributed by atoms with Gasteiger partial charge in [0.2, 0.25) is 5.24 Å². The number of carbonyl (C=O) groups excluding carboxylic acids is 2. The fourth-order valence-electron chi connectivity index (χ4n) is 8.13. The summed E-state index contributed by atoms with van der Waals surface area (Å²) >= 11 is 5.39. The molecule has 0 bridgehead atoms.